The van der Waals surface area contributed by atoms with Crippen molar-refractivity contribution in [3.8, 4) is 0 Å². The second-order valence-corrected chi connectivity index (χ2v) is 3.82. The van der Waals surface area contributed by atoms with Gasteiger partial charge in [-0.2, -0.15) is 0 Å². The van der Waals surface area contributed by atoms with Crippen LogP contribution in [-0.4, -0.2) is 49.0 Å². The molecule has 0 fully saturated rings. The first-order valence-electron chi connectivity index (χ1n) is 5.46. The maximum atomic E-state index is 11.2. The van der Waals surface area contributed by atoms with Gasteiger partial charge in [-0.25, -0.2) is 9.78 Å². The third-order valence-corrected chi connectivity index (χ3v) is 2.17. The summed E-state index contributed by atoms with van der Waals surface area (Å²) in [5.41, 5.74) is 5.54. The van der Waals surface area contributed by atoms with Crippen molar-refractivity contribution >= 4 is 17.8 Å². The van der Waals surface area contributed by atoms with Gasteiger partial charge in [-0.1, -0.05) is 0 Å². The average Bonchev–Trinajstić information content (AvgIpc) is 2.34. The van der Waals surface area contributed by atoms with Crippen LogP contribution >= 0.6 is 0 Å². The van der Waals surface area contributed by atoms with Crippen molar-refractivity contribution in [2.75, 3.05) is 32.5 Å². The lowest BCUT2D eigenvalue weighted by atomic mass is 10.2. The molecule has 0 aliphatic heterocycles. The molecule has 18 heavy (non-hydrogen) atoms. The van der Waals surface area contributed by atoms with Crippen LogP contribution in [0.15, 0.2) is 18.3 Å². The third-order valence-electron chi connectivity index (χ3n) is 2.17. The van der Waals surface area contributed by atoms with E-state index < -0.39 is 5.91 Å². The van der Waals surface area contributed by atoms with E-state index in [1.165, 1.54) is 4.90 Å². The van der Waals surface area contributed by atoms with Gasteiger partial charge >= 0.3 is 6.03 Å². The molecule has 1 aromatic rings. The molecule has 98 valence electrons. The van der Waals surface area contributed by atoms with Crippen LogP contribution in [0.5, 0.6) is 0 Å². The smallest absolute Gasteiger partial charge is 0.316 e. The number of nitrogens with zero attached hydrogens (tertiary/aromatic N) is 2. The van der Waals surface area contributed by atoms with E-state index in [-0.39, 0.29) is 6.03 Å². The highest BCUT2D eigenvalue weighted by atomic mass is 16.2. The molecule has 4 N–H and O–H groups in total. The third kappa shape index (κ3) is 3.93. The SMILES string of the molecule is CN(C)C(=O)NCCNc1ncccc1C(N)=O. The molecule has 0 radical (unpaired) electrons. The summed E-state index contributed by atoms with van der Waals surface area (Å²) >= 11 is 0. The average molecular weight is 251 g/mol. The fourth-order valence-electron chi connectivity index (χ4n) is 1.25. The van der Waals surface area contributed by atoms with Crippen molar-refractivity contribution in [3.63, 3.8) is 0 Å². The van der Waals surface area contributed by atoms with Crippen LogP contribution in [0.4, 0.5) is 10.6 Å². The van der Waals surface area contributed by atoms with E-state index in [0.29, 0.717) is 24.5 Å². The van der Waals surface area contributed by atoms with Crippen LogP contribution in [-0.2, 0) is 0 Å². The molecule has 0 saturated carbocycles. The Labute approximate surface area is 105 Å². The summed E-state index contributed by atoms with van der Waals surface area (Å²) in [7, 11) is 3.32. The molecule has 1 heterocycles. The number of carbonyl (C=O) groups is 2. The number of rotatable bonds is 5. The summed E-state index contributed by atoms with van der Waals surface area (Å²) in [4.78, 5) is 27.8. The van der Waals surface area contributed by atoms with Gasteiger partial charge in [0.2, 0.25) is 0 Å². The first-order valence-corrected chi connectivity index (χ1v) is 5.46. The zero-order valence-corrected chi connectivity index (χ0v) is 10.4. The van der Waals surface area contributed by atoms with Crippen molar-refractivity contribution in [2.24, 2.45) is 5.73 Å². The van der Waals surface area contributed by atoms with Gasteiger partial charge in [0.25, 0.3) is 5.91 Å². The second-order valence-electron chi connectivity index (χ2n) is 3.82. The molecule has 3 amide bonds. The Morgan fingerprint density at radius 3 is 2.72 bits per heavy atom. The number of amides is 3. The molecule has 0 spiro atoms. The summed E-state index contributed by atoms with van der Waals surface area (Å²) in [6.07, 6.45) is 1.56. The lowest BCUT2D eigenvalue weighted by Crippen LogP contribution is -2.37. The number of hydrogen-bond donors (Lipinski definition) is 3. The molecular weight excluding hydrogens is 234 g/mol. The van der Waals surface area contributed by atoms with Crippen LogP contribution in [0.1, 0.15) is 10.4 Å². The molecule has 0 aliphatic carbocycles. The number of aromatic nitrogens is 1. The fourth-order valence-corrected chi connectivity index (χ4v) is 1.25. The van der Waals surface area contributed by atoms with Crippen molar-refractivity contribution < 1.29 is 9.59 Å². The number of hydrogen-bond acceptors (Lipinski definition) is 4. The fraction of sp³-hybridized carbons (Fsp3) is 0.364. The monoisotopic (exact) mass is 251 g/mol. The number of carbonyl (C=O) groups excluding carboxylic acids is 2. The normalized spacial score (nSPS) is 9.67. The van der Waals surface area contributed by atoms with Gasteiger partial charge in [-0.15, -0.1) is 0 Å². The molecule has 1 rings (SSSR count). The highest BCUT2D eigenvalue weighted by Crippen LogP contribution is 2.09. The molecule has 1 aromatic heterocycles. The van der Waals surface area contributed by atoms with Gasteiger partial charge in [0.15, 0.2) is 0 Å². The summed E-state index contributed by atoms with van der Waals surface area (Å²) in [5, 5.41) is 5.63. The zero-order chi connectivity index (χ0) is 13.5. The first-order chi connectivity index (χ1) is 8.52. The number of nitrogens with two attached hydrogens (primary N) is 1. The van der Waals surface area contributed by atoms with Gasteiger partial charge in [-0.05, 0) is 12.1 Å². The highest BCUT2D eigenvalue weighted by Gasteiger charge is 2.08. The van der Waals surface area contributed by atoms with Gasteiger partial charge in [0.1, 0.15) is 5.82 Å². The molecule has 7 heteroatoms. The Morgan fingerprint density at radius 2 is 2.11 bits per heavy atom. The van der Waals surface area contributed by atoms with E-state index in [2.05, 4.69) is 15.6 Å². The molecule has 7 nitrogen and oxygen atoms in total. The minimum atomic E-state index is -0.539. The molecule has 0 aliphatic rings. The van der Waals surface area contributed by atoms with E-state index in [1.807, 2.05) is 0 Å². The predicted octanol–water partition coefficient (Wildman–Crippen LogP) is -0.136. The number of nitrogens with one attached hydrogen (secondary N) is 2. The summed E-state index contributed by atoms with van der Waals surface area (Å²) in [6, 6.07) is 3.06. The van der Waals surface area contributed by atoms with E-state index in [4.69, 9.17) is 5.73 Å². The van der Waals surface area contributed by atoms with Crippen molar-refractivity contribution in [1.29, 1.82) is 0 Å². The van der Waals surface area contributed by atoms with Gasteiger partial charge in [0, 0.05) is 33.4 Å². The molecule has 0 atom stereocenters. The lowest BCUT2D eigenvalue weighted by molar-refractivity contribution is 0.100. The van der Waals surface area contributed by atoms with Crippen LogP contribution in [0.3, 0.4) is 0 Å². The van der Waals surface area contributed by atoms with E-state index >= 15 is 0 Å². The van der Waals surface area contributed by atoms with Crippen LogP contribution < -0.4 is 16.4 Å². The van der Waals surface area contributed by atoms with Gasteiger partial charge in [-0.3, -0.25) is 4.79 Å². The second kappa shape index (κ2) is 6.43. The number of pyridine rings is 1. The first kappa shape index (κ1) is 13.8. The standard InChI is InChI=1S/C11H17N5O2/c1-16(2)11(18)15-7-6-14-10-8(9(12)17)4-3-5-13-10/h3-5H,6-7H2,1-2H3,(H2,12,17)(H,13,14)(H,15,18). The van der Waals surface area contributed by atoms with Gasteiger partial charge < -0.3 is 21.3 Å². The Balaban J connectivity index is 2.45. The summed E-state index contributed by atoms with van der Waals surface area (Å²) in [6.45, 7) is 0.878. The van der Waals surface area contributed by atoms with E-state index in [9.17, 15) is 9.59 Å². The van der Waals surface area contributed by atoms with E-state index in [1.54, 1.807) is 32.4 Å². The summed E-state index contributed by atoms with van der Waals surface area (Å²) < 4.78 is 0. The van der Waals surface area contributed by atoms with Crippen LogP contribution in [0.2, 0.25) is 0 Å². The van der Waals surface area contributed by atoms with Crippen LogP contribution in [0.25, 0.3) is 0 Å². The van der Waals surface area contributed by atoms with Gasteiger partial charge in [0.05, 0.1) is 5.56 Å². The number of urea groups is 1. The van der Waals surface area contributed by atoms with Crippen LogP contribution in [0, 0.1) is 0 Å². The zero-order valence-electron chi connectivity index (χ0n) is 10.4. The predicted molar refractivity (Wildman–Crippen MR) is 68.3 cm³/mol. The Kier molecular flexibility index (Phi) is 4.91. The Bertz CT molecular complexity index is 433. The molecule has 0 bridgehead atoms. The molecule has 0 saturated heterocycles. The molecule has 0 unspecified atom stereocenters. The van der Waals surface area contributed by atoms with Crippen molar-refractivity contribution in [2.45, 2.75) is 0 Å². The Hall–Kier alpha value is -2.31. The van der Waals surface area contributed by atoms with E-state index in [0.717, 1.165) is 0 Å². The lowest BCUT2D eigenvalue weighted by Gasteiger charge is -2.13. The quantitative estimate of drug-likeness (QED) is 0.634. The topological polar surface area (TPSA) is 100 Å². The van der Waals surface area contributed by atoms with Crippen molar-refractivity contribution in [3.05, 3.63) is 23.9 Å². The number of anilines is 1. The largest absolute Gasteiger partial charge is 0.368 e. The van der Waals surface area contributed by atoms with Crippen molar-refractivity contribution in [1.82, 2.24) is 15.2 Å². The molecular formula is C11H17N5O2. The summed E-state index contributed by atoms with van der Waals surface area (Å²) in [5.74, 6) is -0.118. The highest BCUT2D eigenvalue weighted by molar-refractivity contribution is 5.97. The molecule has 0 aromatic carbocycles. The minimum absolute atomic E-state index is 0.173. The Morgan fingerprint density at radius 1 is 1.39 bits per heavy atom. The number of primary amides is 1. The maximum Gasteiger partial charge on any atom is 0.316 e. The maximum absolute atomic E-state index is 11.2. The minimum Gasteiger partial charge on any atom is -0.368 e.